The van der Waals surface area contributed by atoms with Crippen molar-refractivity contribution in [3.8, 4) is 0 Å². The molecule has 0 aliphatic carbocycles. The molecule has 0 aromatic carbocycles. The molecular weight excluding hydrogens is 244 g/mol. The van der Waals surface area contributed by atoms with Gasteiger partial charge in [0.1, 0.15) is 11.1 Å². The Morgan fingerprint density at radius 2 is 2.12 bits per heavy atom. The van der Waals surface area contributed by atoms with E-state index >= 15 is 0 Å². The quantitative estimate of drug-likeness (QED) is 0.848. The summed E-state index contributed by atoms with van der Waals surface area (Å²) in [6.07, 6.45) is 0. The SMILES string of the molecule is Cc1noc(C)c1CNc1nnc(C(C)Cl)o1. The fourth-order valence-electron chi connectivity index (χ4n) is 1.39. The van der Waals surface area contributed by atoms with E-state index in [-0.39, 0.29) is 5.38 Å². The summed E-state index contributed by atoms with van der Waals surface area (Å²) in [5, 5.41) is 14.2. The average molecular weight is 257 g/mol. The van der Waals surface area contributed by atoms with E-state index in [2.05, 4.69) is 20.7 Å². The van der Waals surface area contributed by atoms with Crippen LogP contribution in [0, 0.1) is 13.8 Å². The summed E-state index contributed by atoms with van der Waals surface area (Å²) in [7, 11) is 0. The maximum Gasteiger partial charge on any atom is 0.315 e. The van der Waals surface area contributed by atoms with Crippen LogP contribution in [0.5, 0.6) is 0 Å². The van der Waals surface area contributed by atoms with E-state index in [0.29, 0.717) is 18.5 Å². The molecule has 1 unspecified atom stereocenters. The molecule has 0 fully saturated rings. The molecule has 2 rings (SSSR count). The Morgan fingerprint density at radius 1 is 1.35 bits per heavy atom. The van der Waals surface area contributed by atoms with Gasteiger partial charge in [-0.05, 0) is 20.8 Å². The first-order valence-corrected chi connectivity index (χ1v) is 5.64. The minimum absolute atomic E-state index is 0.294. The predicted octanol–water partition coefficient (Wildman–Crippen LogP) is 2.59. The molecule has 0 radical (unpaired) electrons. The Labute approximate surface area is 103 Å². The highest BCUT2D eigenvalue weighted by atomic mass is 35.5. The van der Waals surface area contributed by atoms with Gasteiger partial charge in [-0.15, -0.1) is 16.7 Å². The molecule has 2 aromatic rings. The van der Waals surface area contributed by atoms with Gasteiger partial charge in [0.2, 0.25) is 5.89 Å². The Morgan fingerprint density at radius 3 is 2.65 bits per heavy atom. The van der Waals surface area contributed by atoms with Crippen molar-refractivity contribution in [1.29, 1.82) is 0 Å². The van der Waals surface area contributed by atoms with Gasteiger partial charge in [0.15, 0.2) is 0 Å². The van der Waals surface area contributed by atoms with Crippen molar-refractivity contribution in [2.45, 2.75) is 32.7 Å². The molecule has 2 aromatic heterocycles. The molecule has 2 heterocycles. The summed E-state index contributed by atoms with van der Waals surface area (Å²) in [5.74, 6) is 1.17. The van der Waals surface area contributed by atoms with Gasteiger partial charge in [-0.3, -0.25) is 0 Å². The second kappa shape index (κ2) is 4.75. The van der Waals surface area contributed by atoms with Gasteiger partial charge < -0.3 is 14.3 Å². The van der Waals surface area contributed by atoms with Gasteiger partial charge in [0, 0.05) is 12.1 Å². The Bertz CT molecular complexity index is 487. The molecule has 1 atom stereocenters. The second-order valence-electron chi connectivity index (χ2n) is 3.72. The van der Waals surface area contributed by atoms with Crippen molar-refractivity contribution in [3.05, 3.63) is 22.9 Å². The Hall–Kier alpha value is -1.56. The number of hydrogen-bond acceptors (Lipinski definition) is 6. The van der Waals surface area contributed by atoms with E-state index in [1.165, 1.54) is 0 Å². The zero-order valence-corrected chi connectivity index (χ0v) is 10.6. The van der Waals surface area contributed by atoms with E-state index in [9.17, 15) is 0 Å². The molecule has 0 spiro atoms. The van der Waals surface area contributed by atoms with Gasteiger partial charge in [-0.2, -0.15) is 0 Å². The highest BCUT2D eigenvalue weighted by Gasteiger charge is 2.13. The topological polar surface area (TPSA) is 77.0 Å². The minimum Gasteiger partial charge on any atom is -0.406 e. The van der Waals surface area contributed by atoms with Gasteiger partial charge in [-0.1, -0.05) is 10.3 Å². The third kappa shape index (κ3) is 2.58. The molecule has 0 saturated heterocycles. The lowest BCUT2D eigenvalue weighted by Crippen LogP contribution is -2.01. The second-order valence-corrected chi connectivity index (χ2v) is 4.37. The van der Waals surface area contributed by atoms with Gasteiger partial charge >= 0.3 is 6.01 Å². The van der Waals surface area contributed by atoms with E-state index < -0.39 is 0 Å². The maximum absolute atomic E-state index is 5.82. The summed E-state index contributed by atoms with van der Waals surface area (Å²) in [4.78, 5) is 0. The Balaban J connectivity index is 2.02. The molecule has 1 N–H and O–H groups in total. The smallest absolute Gasteiger partial charge is 0.315 e. The molecule has 0 aliphatic heterocycles. The van der Waals surface area contributed by atoms with Crippen LogP contribution in [0.25, 0.3) is 0 Å². The van der Waals surface area contributed by atoms with Crippen molar-refractivity contribution in [2.24, 2.45) is 0 Å². The number of hydrogen-bond donors (Lipinski definition) is 1. The normalized spacial score (nSPS) is 12.7. The van der Waals surface area contributed by atoms with E-state index in [1.807, 2.05) is 13.8 Å². The van der Waals surface area contributed by atoms with Crippen LogP contribution in [0.1, 0.15) is 35.2 Å². The summed E-state index contributed by atoms with van der Waals surface area (Å²) < 4.78 is 10.4. The summed E-state index contributed by atoms with van der Waals surface area (Å²) in [6.45, 7) is 6.04. The number of alkyl halides is 1. The first-order valence-electron chi connectivity index (χ1n) is 5.21. The van der Waals surface area contributed by atoms with Crippen molar-refractivity contribution >= 4 is 17.6 Å². The molecule has 0 bridgehead atoms. The predicted molar refractivity (Wildman–Crippen MR) is 61.9 cm³/mol. The number of aromatic nitrogens is 3. The third-order valence-corrected chi connectivity index (χ3v) is 2.57. The van der Waals surface area contributed by atoms with Crippen LogP contribution in [-0.2, 0) is 6.54 Å². The van der Waals surface area contributed by atoms with Crippen LogP contribution in [0.2, 0.25) is 0 Å². The molecule has 0 aliphatic rings. The first kappa shape index (κ1) is 11.9. The molecule has 92 valence electrons. The van der Waals surface area contributed by atoms with Gasteiger partial charge in [0.05, 0.1) is 5.69 Å². The first-order chi connectivity index (χ1) is 8.08. The van der Waals surface area contributed by atoms with Crippen molar-refractivity contribution in [2.75, 3.05) is 5.32 Å². The fraction of sp³-hybridized carbons (Fsp3) is 0.500. The molecule has 7 heteroatoms. The lowest BCUT2D eigenvalue weighted by Gasteiger charge is -2.00. The zero-order chi connectivity index (χ0) is 12.4. The number of aryl methyl sites for hydroxylation is 2. The van der Waals surface area contributed by atoms with Crippen LogP contribution in [0.15, 0.2) is 8.94 Å². The number of nitrogens with zero attached hydrogens (tertiary/aromatic N) is 3. The van der Waals surface area contributed by atoms with Crippen LogP contribution in [0.4, 0.5) is 6.01 Å². The molecule has 0 saturated carbocycles. The van der Waals surface area contributed by atoms with Gasteiger partial charge in [0.25, 0.3) is 0 Å². The summed E-state index contributed by atoms with van der Waals surface area (Å²) in [5.41, 5.74) is 1.84. The maximum atomic E-state index is 5.82. The van der Waals surface area contributed by atoms with Crippen molar-refractivity contribution in [3.63, 3.8) is 0 Å². The average Bonchev–Trinajstić information content (AvgIpc) is 2.85. The molecule has 0 amide bonds. The fourth-order valence-corrected chi connectivity index (χ4v) is 1.47. The highest BCUT2D eigenvalue weighted by Crippen LogP contribution is 2.20. The molecule has 6 nitrogen and oxygen atoms in total. The van der Waals surface area contributed by atoms with E-state index in [4.69, 9.17) is 20.5 Å². The number of rotatable bonds is 4. The lowest BCUT2D eigenvalue weighted by molar-refractivity contribution is 0.392. The summed E-state index contributed by atoms with van der Waals surface area (Å²) >= 11 is 5.82. The van der Waals surface area contributed by atoms with Gasteiger partial charge in [-0.25, -0.2) is 0 Å². The van der Waals surface area contributed by atoms with E-state index in [0.717, 1.165) is 17.0 Å². The molecule has 17 heavy (non-hydrogen) atoms. The van der Waals surface area contributed by atoms with E-state index in [1.54, 1.807) is 6.92 Å². The van der Waals surface area contributed by atoms with Crippen LogP contribution < -0.4 is 5.32 Å². The highest BCUT2D eigenvalue weighted by molar-refractivity contribution is 6.20. The monoisotopic (exact) mass is 256 g/mol. The van der Waals surface area contributed by atoms with Crippen LogP contribution in [-0.4, -0.2) is 15.4 Å². The number of halogens is 1. The zero-order valence-electron chi connectivity index (χ0n) is 9.82. The molecular formula is C10H13ClN4O2. The standard InChI is InChI=1S/C10H13ClN4O2/c1-5(11)9-13-14-10(16-9)12-4-8-6(2)15-17-7(8)3/h5H,4H2,1-3H3,(H,12,14). The lowest BCUT2D eigenvalue weighted by atomic mass is 10.2. The summed E-state index contributed by atoms with van der Waals surface area (Å²) in [6, 6.07) is 0.340. The van der Waals surface area contributed by atoms with Crippen molar-refractivity contribution in [1.82, 2.24) is 15.4 Å². The number of anilines is 1. The van der Waals surface area contributed by atoms with Crippen LogP contribution >= 0.6 is 11.6 Å². The van der Waals surface area contributed by atoms with Crippen LogP contribution in [0.3, 0.4) is 0 Å². The Kier molecular flexibility index (Phi) is 3.33. The largest absolute Gasteiger partial charge is 0.406 e. The minimum atomic E-state index is -0.294. The van der Waals surface area contributed by atoms with Crippen molar-refractivity contribution < 1.29 is 8.94 Å². The number of nitrogens with one attached hydrogen (secondary N) is 1. The third-order valence-electron chi connectivity index (χ3n) is 2.38.